The number of hydrogen-bond acceptors (Lipinski definition) is 5. The molecule has 8 heteroatoms. The average molecular weight is 452 g/mol. The molecule has 4 aromatic rings. The fourth-order valence-electron chi connectivity index (χ4n) is 3.94. The molecule has 0 bridgehead atoms. The maximum Gasteiger partial charge on any atom is 0.293 e. The highest BCUT2D eigenvalue weighted by atomic mass is 35.5. The van der Waals surface area contributed by atoms with E-state index in [1.807, 2.05) is 24.3 Å². The van der Waals surface area contributed by atoms with E-state index in [9.17, 15) is 9.18 Å². The Morgan fingerprint density at radius 1 is 1.19 bits per heavy atom. The molecular formula is C24H19ClFN3O3. The molecule has 1 amide bonds. The van der Waals surface area contributed by atoms with Gasteiger partial charge in [0.1, 0.15) is 23.3 Å². The largest absolute Gasteiger partial charge is 0.443 e. The number of likely N-dealkylation sites (tertiary alicyclic amines) is 1. The lowest BCUT2D eigenvalue weighted by atomic mass is 10.1. The molecule has 1 saturated heterocycles. The molecule has 5 rings (SSSR count). The summed E-state index contributed by atoms with van der Waals surface area (Å²) in [5.74, 6) is 0.520. The first-order chi connectivity index (χ1) is 15.6. The van der Waals surface area contributed by atoms with Crippen LogP contribution in [0.25, 0.3) is 11.3 Å². The van der Waals surface area contributed by atoms with Gasteiger partial charge >= 0.3 is 0 Å². The number of carbonyl (C=O) groups excluding carboxylic acids is 1. The van der Waals surface area contributed by atoms with Crippen LogP contribution in [0.5, 0.6) is 0 Å². The minimum absolute atomic E-state index is 0.0584. The van der Waals surface area contributed by atoms with Crippen LogP contribution in [0.4, 0.5) is 4.39 Å². The fraction of sp³-hybridized carbons (Fsp3) is 0.208. The van der Waals surface area contributed by atoms with Crippen LogP contribution in [0.2, 0.25) is 5.02 Å². The molecule has 1 atom stereocenters. The summed E-state index contributed by atoms with van der Waals surface area (Å²) in [5.41, 5.74) is 1.62. The van der Waals surface area contributed by atoms with E-state index in [4.69, 9.17) is 20.5 Å². The highest BCUT2D eigenvalue weighted by molar-refractivity contribution is 6.30. The number of halogens is 2. The van der Waals surface area contributed by atoms with Crippen LogP contribution in [-0.4, -0.2) is 27.5 Å². The molecule has 3 heterocycles. The molecule has 0 N–H and O–H groups in total. The van der Waals surface area contributed by atoms with Crippen LogP contribution in [0.3, 0.4) is 0 Å². The van der Waals surface area contributed by atoms with E-state index in [-0.39, 0.29) is 29.0 Å². The Hall–Kier alpha value is -3.45. The maximum absolute atomic E-state index is 14.0. The third kappa shape index (κ3) is 4.03. The summed E-state index contributed by atoms with van der Waals surface area (Å²) >= 11 is 5.94. The molecule has 162 valence electrons. The van der Waals surface area contributed by atoms with Gasteiger partial charge in [-0.3, -0.25) is 4.79 Å². The SMILES string of the molecule is O=C(c1cc(-c2ccccc2F)no1)N1CCCC1c1ncc(Cc2ccc(Cl)cc2)o1. The van der Waals surface area contributed by atoms with Crippen LogP contribution in [0, 0.1) is 5.82 Å². The third-order valence-electron chi connectivity index (χ3n) is 5.53. The topological polar surface area (TPSA) is 72.4 Å². The molecule has 32 heavy (non-hydrogen) atoms. The van der Waals surface area contributed by atoms with E-state index in [0.29, 0.717) is 29.6 Å². The van der Waals surface area contributed by atoms with E-state index in [2.05, 4.69) is 10.1 Å². The van der Waals surface area contributed by atoms with Crippen LogP contribution in [0.15, 0.2) is 69.7 Å². The molecule has 2 aromatic heterocycles. The molecule has 6 nitrogen and oxygen atoms in total. The fourth-order valence-corrected chi connectivity index (χ4v) is 4.07. The zero-order valence-electron chi connectivity index (χ0n) is 17.0. The Morgan fingerprint density at radius 3 is 2.81 bits per heavy atom. The lowest BCUT2D eigenvalue weighted by molar-refractivity contribution is 0.0672. The lowest BCUT2D eigenvalue weighted by Gasteiger charge is -2.20. The van der Waals surface area contributed by atoms with E-state index in [0.717, 1.165) is 18.4 Å². The van der Waals surface area contributed by atoms with E-state index >= 15 is 0 Å². The van der Waals surface area contributed by atoms with E-state index in [1.165, 1.54) is 12.1 Å². The summed E-state index contributed by atoms with van der Waals surface area (Å²) in [6.07, 6.45) is 3.83. The number of nitrogens with zero attached hydrogens (tertiary/aromatic N) is 3. The van der Waals surface area contributed by atoms with Gasteiger partial charge in [0.15, 0.2) is 0 Å². The van der Waals surface area contributed by atoms with Gasteiger partial charge in [0.25, 0.3) is 5.91 Å². The number of amides is 1. The van der Waals surface area contributed by atoms with Gasteiger partial charge in [-0.1, -0.05) is 41.0 Å². The Labute approximate surface area is 188 Å². The van der Waals surface area contributed by atoms with Crippen LogP contribution < -0.4 is 0 Å². The average Bonchev–Trinajstić information content (AvgIpc) is 3.56. The van der Waals surface area contributed by atoms with Crippen molar-refractivity contribution < 1.29 is 18.1 Å². The number of oxazole rings is 1. The van der Waals surface area contributed by atoms with Crippen molar-refractivity contribution in [3.8, 4) is 11.3 Å². The van der Waals surface area contributed by atoms with E-state index in [1.54, 1.807) is 29.3 Å². The van der Waals surface area contributed by atoms with Gasteiger partial charge in [0.2, 0.25) is 11.7 Å². The van der Waals surface area contributed by atoms with Gasteiger partial charge in [0.05, 0.1) is 6.20 Å². The van der Waals surface area contributed by atoms with Crippen molar-refractivity contribution in [1.29, 1.82) is 0 Å². The highest BCUT2D eigenvalue weighted by Crippen LogP contribution is 2.34. The zero-order valence-corrected chi connectivity index (χ0v) is 17.8. The molecule has 1 unspecified atom stereocenters. The molecule has 0 saturated carbocycles. The summed E-state index contributed by atoms with van der Waals surface area (Å²) in [7, 11) is 0. The van der Waals surface area contributed by atoms with Gasteiger partial charge in [0, 0.05) is 29.6 Å². The van der Waals surface area contributed by atoms with Crippen LogP contribution in [0.1, 0.15) is 46.7 Å². The molecule has 2 aromatic carbocycles. The Morgan fingerprint density at radius 2 is 2.00 bits per heavy atom. The van der Waals surface area contributed by atoms with Crippen molar-refractivity contribution in [1.82, 2.24) is 15.0 Å². The standard InChI is InChI=1S/C24H19ClFN3O3/c25-16-9-7-15(8-10-16)12-17-14-27-23(31-17)21-6-3-11-29(21)24(30)22-13-20(28-32-22)18-4-1-2-5-19(18)26/h1-2,4-5,7-10,13-14,21H,3,6,11-12H2. The van der Waals surface area contributed by atoms with Crippen molar-refractivity contribution in [3.63, 3.8) is 0 Å². The molecule has 0 spiro atoms. The minimum atomic E-state index is -0.424. The van der Waals surface area contributed by atoms with Gasteiger partial charge < -0.3 is 13.8 Å². The first kappa shape index (κ1) is 20.5. The predicted octanol–water partition coefficient (Wildman–Crippen LogP) is 5.69. The summed E-state index contributed by atoms with van der Waals surface area (Å²) in [6.45, 7) is 0.550. The molecular weight excluding hydrogens is 433 g/mol. The highest BCUT2D eigenvalue weighted by Gasteiger charge is 2.35. The van der Waals surface area contributed by atoms with Crippen LogP contribution in [-0.2, 0) is 6.42 Å². The second kappa shape index (κ2) is 8.59. The Balaban J connectivity index is 1.33. The van der Waals surface area contributed by atoms with Gasteiger partial charge in [-0.15, -0.1) is 0 Å². The quantitative estimate of drug-likeness (QED) is 0.389. The van der Waals surface area contributed by atoms with Gasteiger partial charge in [-0.2, -0.15) is 0 Å². The Kier molecular flexibility index (Phi) is 5.49. The number of benzene rings is 2. The predicted molar refractivity (Wildman–Crippen MR) is 116 cm³/mol. The van der Waals surface area contributed by atoms with E-state index < -0.39 is 5.82 Å². The minimum Gasteiger partial charge on any atom is -0.443 e. The second-order valence-corrected chi connectivity index (χ2v) is 8.12. The Bertz CT molecular complexity index is 1250. The summed E-state index contributed by atoms with van der Waals surface area (Å²) < 4.78 is 25.3. The molecule has 0 radical (unpaired) electrons. The summed E-state index contributed by atoms with van der Waals surface area (Å²) in [5, 5.41) is 4.56. The first-order valence-electron chi connectivity index (χ1n) is 10.3. The van der Waals surface area contributed by atoms with Crippen molar-refractivity contribution in [3.05, 3.63) is 94.6 Å². The van der Waals surface area contributed by atoms with Gasteiger partial charge in [-0.05, 0) is 42.7 Å². The molecule has 1 fully saturated rings. The summed E-state index contributed by atoms with van der Waals surface area (Å²) in [6, 6.07) is 15.0. The number of aromatic nitrogens is 2. The van der Waals surface area contributed by atoms with Crippen LogP contribution >= 0.6 is 11.6 Å². The monoisotopic (exact) mass is 451 g/mol. The van der Waals surface area contributed by atoms with Crippen molar-refractivity contribution in [2.24, 2.45) is 0 Å². The van der Waals surface area contributed by atoms with Crippen molar-refractivity contribution in [2.45, 2.75) is 25.3 Å². The summed E-state index contributed by atoms with van der Waals surface area (Å²) in [4.78, 5) is 19.2. The first-order valence-corrected chi connectivity index (χ1v) is 10.7. The normalized spacial score (nSPS) is 15.9. The van der Waals surface area contributed by atoms with Crippen molar-refractivity contribution >= 4 is 17.5 Å². The van der Waals surface area contributed by atoms with Crippen molar-refractivity contribution in [2.75, 3.05) is 6.54 Å². The molecule has 1 aliphatic heterocycles. The number of hydrogen-bond donors (Lipinski definition) is 0. The molecule has 0 aliphatic carbocycles. The number of carbonyl (C=O) groups is 1. The second-order valence-electron chi connectivity index (χ2n) is 7.68. The number of rotatable bonds is 5. The lowest BCUT2D eigenvalue weighted by Crippen LogP contribution is -2.30. The molecule has 1 aliphatic rings. The van der Waals surface area contributed by atoms with Gasteiger partial charge in [-0.25, -0.2) is 9.37 Å². The zero-order chi connectivity index (χ0) is 22.1. The smallest absolute Gasteiger partial charge is 0.293 e. The third-order valence-corrected chi connectivity index (χ3v) is 5.78. The maximum atomic E-state index is 14.0.